The smallest absolute Gasteiger partial charge is 0.251 e. The highest BCUT2D eigenvalue weighted by Gasteiger charge is 2.41. The number of alkyl halides is 1. The molecule has 0 atom stereocenters. The largest absolute Gasteiger partial charge is 0.332 e. The summed E-state index contributed by atoms with van der Waals surface area (Å²) in [5.41, 5.74) is 2.05. The molecule has 0 radical (unpaired) electrons. The number of benzene rings is 1. The fourth-order valence-corrected chi connectivity index (χ4v) is 4.34. The minimum Gasteiger partial charge on any atom is -0.251 e. The maximum absolute atomic E-state index is 12.9. The zero-order valence-electron chi connectivity index (χ0n) is 12.1. The molecule has 2 heterocycles. The number of rotatable bonds is 4. The summed E-state index contributed by atoms with van der Waals surface area (Å²) in [7, 11) is -3.68. The van der Waals surface area contributed by atoms with Crippen molar-refractivity contribution in [3.63, 3.8) is 0 Å². The first kappa shape index (κ1) is 15.1. The summed E-state index contributed by atoms with van der Waals surface area (Å²) in [6, 6.07) is 12.6. The molecule has 0 saturated carbocycles. The number of aromatic nitrogens is 1. The van der Waals surface area contributed by atoms with Gasteiger partial charge in [0.25, 0.3) is 0 Å². The lowest BCUT2D eigenvalue weighted by Crippen LogP contribution is -2.36. The Morgan fingerprint density at radius 2 is 1.82 bits per heavy atom. The molecule has 1 aromatic carbocycles. The van der Waals surface area contributed by atoms with Crippen LogP contribution in [0.4, 0.5) is 17.2 Å². The van der Waals surface area contributed by atoms with E-state index in [0.717, 1.165) is 5.69 Å². The van der Waals surface area contributed by atoms with E-state index in [-0.39, 0.29) is 0 Å². The Morgan fingerprint density at radius 1 is 1.09 bits per heavy atom. The standard InChI is InChI=1S/C15H16ClN3O2S/c1-12-6-4-9-15(17-12)19-14-8-3-2-7-13(14)18(11-5-10-16)22(19,20)21/h2-4,6-9H,5,10-11H2,1H3. The molecule has 0 aliphatic carbocycles. The molecule has 1 aromatic heterocycles. The van der Waals surface area contributed by atoms with Crippen molar-refractivity contribution in [2.75, 3.05) is 21.0 Å². The number of para-hydroxylation sites is 2. The van der Waals surface area contributed by atoms with Crippen LogP contribution in [0.5, 0.6) is 0 Å². The van der Waals surface area contributed by atoms with Crippen molar-refractivity contribution in [1.82, 2.24) is 4.98 Å². The first-order chi connectivity index (χ1) is 10.6. The number of pyridine rings is 1. The Morgan fingerprint density at radius 3 is 2.50 bits per heavy atom. The van der Waals surface area contributed by atoms with Gasteiger partial charge in [0.2, 0.25) is 0 Å². The molecule has 0 fully saturated rings. The third-order valence-electron chi connectivity index (χ3n) is 3.45. The van der Waals surface area contributed by atoms with Crippen molar-refractivity contribution < 1.29 is 8.42 Å². The monoisotopic (exact) mass is 337 g/mol. The van der Waals surface area contributed by atoms with Gasteiger partial charge in [-0.2, -0.15) is 8.42 Å². The van der Waals surface area contributed by atoms with E-state index in [0.29, 0.717) is 36.0 Å². The van der Waals surface area contributed by atoms with E-state index in [9.17, 15) is 8.42 Å². The second-order valence-electron chi connectivity index (χ2n) is 5.01. The fraction of sp³-hybridized carbons (Fsp3) is 0.267. The molecule has 22 heavy (non-hydrogen) atoms. The van der Waals surface area contributed by atoms with Crippen LogP contribution in [0.1, 0.15) is 12.1 Å². The van der Waals surface area contributed by atoms with E-state index < -0.39 is 10.2 Å². The Kier molecular flexibility index (Phi) is 3.97. The van der Waals surface area contributed by atoms with E-state index in [2.05, 4.69) is 4.98 Å². The predicted octanol–water partition coefficient (Wildman–Crippen LogP) is 3.22. The van der Waals surface area contributed by atoms with E-state index in [1.54, 1.807) is 24.3 Å². The molecule has 2 aromatic rings. The Hall–Kier alpha value is -1.79. The molecule has 0 N–H and O–H groups in total. The van der Waals surface area contributed by atoms with Crippen LogP contribution in [-0.4, -0.2) is 25.8 Å². The van der Waals surface area contributed by atoms with E-state index in [1.165, 1.54) is 8.61 Å². The van der Waals surface area contributed by atoms with Gasteiger partial charge in [0, 0.05) is 18.1 Å². The molecule has 116 valence electrons. The zero-order chi connectivity index (χ0) is 15.7. The number of nitrogens with zero attached hydrogens (tertiary/aromatic N) is 3. The normalized spacial score (nSPS) is 15.9. The molecule has 0 saturated heterocycles. The maximum atomic E-state index is 12.9. The van der Waals surface area contributed by atoms with Crippen molar-refractivity contribution in [1.29, 1.82) is 0 Å². The molecular formula is C15H16ClN3O2S. The lowest BCUT2D eigenvalue weighted by atomic mass is 10.2. The van der Waals surface area contributed by atoms with Crippen molar-refractivity contribution in [3.8, 4) is 0 Å². The molecular weight excluding hydrogens is 322 g/mol. The summed E-state index contributed by atoms with van der Waals surface area (Å²) in [6.07, 6.45) is 0.588. The fourth-order valence-electron chi connectivity index (χ4n) is 2.52. The van der Waals surface area contributed by atoms with Crippen LogP contribution in [0.15, 0.2) is 42.5 Å². The molecule has 0 amide bonds. The SMILES string of the molecule is Cc1cccc(N2c3ccccc3N(CCCCl)S2(=O)=O)n1. The van der Waals surface area contributed by atoms with E-state index >= 15 is 0 Å². The Balaban J connectivity index is 2.14. The van der Waals surface area contributed by atoms with Gasteiger partial charge in [-0.15, -0.1) is 11.6 Å². The molecule has 7 heteroatoms. The van der Waals surface area contributed by atoms with E-state index in [1.807, 2.05) is 25.1 Å². The molecule has 0 spiro atoms. The zero-order valence-corrected chi connectivity index (χ0v) is 13.7. The number of fused-ring (bicyclic) bond motifs is 1. The van der Waals surface area contributed by atoms with Gasteiger partial charge in [-0.1, -0.05) is 18.2 Å². The first-order valence-electron chi connectivity index (χ1n) is 6.97. The lowest BCUT2D eigenvalue weighted by molar-refractivity contribution is 0.593. The van der Waals surface area contributed by atoms with Crippen LogP contribution in [0, 0.1) is 6.92 Å². The third kappa shape index (κ3) is 2.42. The minimum absolute atomic E-state index is 0.352. The van der Waals surface area contributed by atoms with Gasteiger partial charge in [-0.25, -0.2) is 9.29 Å². The highest BCUT2D eigenvalue weighted by Crippen LogP contribution is 2.44. The van der Waals surface area contributed by atoms with Crippen LogP contribution in [-0.2, 0) is 10.2 Å². The van der Waals surface area contributed by atoms with Crippen molar-refractivity contribution in [2.45, 2.75) is 13.3 Å². The molecule has 5 nitrogen and oxygen atoms in total. The van der Waals surface area contributed by atoms with Crippen molar-refractivity contribution in [3.05, 3.63) is 48.2 Å². The van der Waals surface area contributed by atoms with Gasteiger partial charge in [0.15, 0.2) is 0 Å². The summed E-state index contributed by atoms with van der Waals surface area (Å²) in [5, 5.41) is 0. The van der Waals surface area contributed by atoms with Gasteiger partial charge in [0.05, 0.1) is 11.4 Å². The van der Waals surface area contributed by atoms with Crippen molar-refractivity contribution >= 4 is 39.0 Å². The summed E-state index contributed by atoms with van der Waals surface area (Å²) in [5.74, 6) is 0.817. The minimum atomic E-state index is -3.68. The summed E-state index contributed by atoms with van der Waals surface area (Å²) < 4.78 is 28.6. The lowest BCUT2D eigenvalue weighted by Gasteiger charge is -2.21. The van der Waals surface area contributed by atoms with Gasteiger partial charge < -0.3 is 0 Å². The molecule has 0 unspecified atom stereocenters. The highest BCUT2D eigenvalue weighted by atomic mass is 35.5. The van der Waals surface area contributed by atoms with Gasteiger partial charge in [-0.05, 0) is 37.6 Å². The Bertz CT molecular complexity index is 795. The number of hydrogen-bond acceptors (Lipinski definition) is 3. The topological polar surface area (TPSA) is 53.5 Å². The molecule has 1 aliphatic rings. The predicted molar refractivity (Wildman–Crippen MR) is 89.2 cm³/mol. The summed E-state index contributed by atoms with van der Waals surface area (Å²) in [4.78, 5) is 4.36. The average Bonchev–Trinajstić information content (AvgIpc) is 2.71. The number of hydrogen-bond donors (Lipinski definition) is 0. The molecule has 3 rings (SSSR count). The second-order valence-corrected chi connectivity index (χ2v) is 7.09. The summed E-state index contributed by atoms with van der Waals surface area (Å²) >= 11 is 5.73. The first-order valence-corrected chi connectivity index (χ1v) is 8.90. The second kappa shape index (κ2) is 5.78. The molecule has 0 bridgehead atoms. The number of anilines is 3. The van der Waals surface area contributed by atoms with Gasteiger partial charge >= 0.3 is 10.2 Å². The van der Waals surface area contributed by atoms with Crippen LogP contribution in [0.3, 0.4) is 0 Å². The van der Waals surface area contributed by atoms with Crippen LogP contribution in [0.2, 0.25) is 0 Å². The Labute approximate surface area is 135 Å². The van der Waals surface area contributed by atoms with Crippen LogP contribution >= 0.6 is 11.6 Å². The molecule has 1 aliphatic heterocycles. The maximum Gasteiger partial charge on any atom is 0.332 e. The van der Waals surface area contributed by atoms with Crippen LogP contribution in [0.25, 0.3) is 0 Å². The van der Waals surface area contributed by atoms with Crippen LogP contribution < -0.4 is 8.61 Å². The average molecular weight is 338 g/mol. The summed E-state index contributed by atoms with van der Waals surface area (Å²) in [6.45, 7) is 2.19. The van der Waals surface area contributed by atoms with Crippen molar-refractivity contribution in [2.24, 2.45) is 0 Å². The van der Waals surface area contributed by atoms with Gasteiger partial charge in [0.1, 0.15) is 5.82 Å². The van der Waals surface area contributed by atoms with E-state index in [4.69, 9.17) is 11.6 Å². The number of aryl methyl sites for hydroxylation is 1. The third-order valence-corrected chi connectivity index (χ3v) is 5.50. The quantitative estimate of drug-likeness (QED) is 0.805. The number of halogens is 1. The highest BCUT2D eigenvalue weighted by molar-refractivity contribution is 7.95. The van der Waals surface area contributed by atoms with Gasteiger partial charge in [-0.3, -0.25) is 4.31 Å².